The molecule has 0 bridgehead atoms. The maximum Gasteiger partial charge on any atom is 0.126 e. The second-order valence-electron chi connectivity index (χ2n) is 5.39. The molecule has 20 heavy (non-hydrogen) atoms. The van der Waals surface area contributed by atoms with E-state index in [1.165, 1.54) is 38.5 Å². The number of fused-ring (bicyclic) bond motifs is 1. The molecule has 0 atom stereocenters. The van der Waals surface area contributed by atoms with Gasteiger partial charge < -0.3 is 0 Å². The molecule has 4 heteroatoms. The molecule has 1 saturated carbocycles. The van der Waals surface area contributed by atoms with E-state index in [0.29, 0.717) is 0 Å². The van der Waals surface area contributed by atoms with Crippen LogP contribution in [0.3, 0.4) is 0 Å². The summed E-state index contributed by atoms with van der Waals surface area (Å²) in [4.78, 5) is 8.74. The maximum atomic E-state index is 4.46. The van der Waals surface area contributed by atoms with Crippen molar-refractivity contribution in [3.63, 3.8) is 0 Å². The lowest BCUT2D eigenvalue weighted by Gasteiger charge is -2.15. The lowest BCUT2D eigenvalue weighted by atomic mass is 10.0. The Bertz CT molecular complexity index is 483. The average Bonchev–Trinajstić information content (AvgIpc) is 2.66. The molecule has 2 heterocycles. The van der Waals surface area contributed by atoms with Crippen LogP contribution in [0.2, 0.25) is 0 Å². The van der Waals surface area contributed by atoms with Crippen LogP contribution in [0.5, 0.6) is 0 Å². The Hall–Kier alpha value is -1.45. The number of aryl methyl sites for hydroxylation is 1. The van der Waals surface area contributed by atoms with Crippen LogP contribution in [0.1, 0.15) is 58.2 Å². The van der Waals surface area contributed by atoms with Crippen LogP contribution in [0.25, 0.3) is 11.4 Å². The van der Waals surface area contributed by atoms with Crippen LogP contribution in [0, 0.1) is 12.8 Å². The molecule has 0 spiro atoms. The summed E-state index contributed by atoms with van der Waals surface area (Å²) in [6.45, 7) is 6.96. The van der Waals surface area contributed by atoms with E-state index in [1.807, 2.05) is 37.8 Å². The molecular formula is C16H26N4. The highest BCUT2D eigenvalue weighted by Crippen LogP contribution is 2.24. The zero-order valence-corrected chi connectivity index (χ0v) is 13.0. The van der Waals surface area contributed by atoms with E-state index in [1.54, 1.807) is 0 Å². The fraction of sp³-hybridized carbons (Fsp3) is 0.688. The van der Waals surface area contributed by atoms with Crippen molar-refractivity contribution < 1.29 is 0 Å². The number of hydrogen-bond acceptors (Lipinski definition) is 3. The van der Waals surface area contributed by atoms with E-state index < -0.39 is 0 Å². The summed E-state index contributed by atoms with van der Waals surface area (Å²) in [5, 5.41) is 4.46. The van der Waals surface area contributed by atoms with Gasteiger partial charge in [-0.25, -0.2) is 9.97 Å². The molecule has 0 N–H and O–H groups in total. The third kappa shape index (κ3) is 3.78. The largest absolute Gasteiger partial charge is 0.270 e. The van der Waals surface area contributed by atoms with Crippen molar-refractivity contribution in [3.05, 3.63) is 18.2 Å². The zero-order valence-electron chi connectivity index (χ0n) is 13.0. The second kappa shape index (κ2) is 7.36. The second-order valence-corrected chi connectivity index (χ2v) is 5.39. The molecular weight excluding hydrogens is 248 g/mol. The van der Waals surface area contributed by atoms with Crippen molar-refractivity contribution in [2.24, 2.45) is 5.92 Å². The predicted octanol–water partition coefficient (Wildman–Crippen LogP) is 4.08. The van der Waals surface area contributed by atoms with Crippen LogP contribution in [-0.2, 0) is 6.54 Å². The van der Waals surface area contributed by atoms with Gasteiger partial charge in [0.05, 0.1) is 12.4 Å². The van der Waals surface area contributed by atoms with Crippen LogP contribution < -0.4 is 0 Å². The van der Waals surface area contributed by atoms with Gasteiger partial charge in [0.1, 0.15) is 17.2 Å². The normalized spacial score (nSPS) is 16.6. The summed E-state index contributed by atoms with van der Waals surface area (Å²) in [6.07, 6.45) is 12.1. The van der Waals surface area contributed by atoms with E-state index in [-0.39, 0.29) is 0 Å². The van der Waals surface area contributed by atoms with Crippen molar-refractivity contribution in [1.29, 1.82) is 0 Å². The van der Waals surface area contributed by atoms with Crippen molar-refractivity contribution in [2.45, 2.75) is 65.8 Å². The maximum absolute atomic E-state index is 4.46. The predicted molar refractivity (Wildman–Crippen MR) is 81.7 cm³/mol. The Labute approximate surface area is 122 Å². The van der Waals surface area contributed by atoms with Gasteiger partial charge in [0.2, 0.25) is 0 Å². The van der Waals surface area contributed by atoms with Gasteiger partial charge >= 0.3 is 0 Å². The molecule has 0 saturated heterocycles. The Morgan fingerprint density at radius 2 is 1.70 bits per heavy atom. The molecule has 0 aromatic rings. The fourth-order valence-corrected chi connectivity index (χ4v) is 2.89. The smallest absolute Gasteiger partial charge is 0.126 e. The Morgan fingerprint density at radius 3 is 2.40 bits per heavy atom. The summed E-state index contributed by atoms with van der Waals surface area (Å²) in [5.74, 6) is 1.62. The van der Waals surface area contributed by atoms with E-state index in [4.69, 9.17) is 0 Å². The average molecular weight is 274 g/mol. The SMILES string of the molecule is CC.Cc1nc2cnn(CC3CCCCCC3)cc-2n1. The highest BCUT2D eigenvalue weighted by molar-refractivity contribution is 5.53. The Balaban J connectivity index is 0.000000704. The van der Waals surface area contributed by atoms with Gasteiger partial charge in [0.15, 0.2) is 0 Å². The molecule has 0 amide bonds. The molecule has 3 aliphatic rings. The first kappa shape index (κ1) is 14.9. The first-order valence-corrected chi connectivity index (χ1v) is 7.98. The third-order valence-corrected chi connectivity index (χ3v) is 3.85. The highest BCUT2D eigenvalue weighted by Gasteiger charge is 2.15. The summed E-state index contributed by atoms with van der Waals surface area (Å²) in [6, 6.07) is 0. The Kier molecular flexibility index (Phi) is 5.50. The van der Waals surface area contributed by atoms with Gasteiger partial charge in [-0.15, -0.1) is 0 Å². The van der Waals surface area contributed by atoms with Crippen LogP contribution in [-0.4, -0.2) is 19.7 Å². The lowest BCUT2D eigenvalue weighted by Crippen LogP contribution is -2.13. The highest BCUT2D eigenvalue weighted by atomic mass is 15.3. The monoisotopic (exact) mass is 274 g/mol. The van der Waals surface area contributed by atoms with Crippen LogP contribution in [0.4, 0.5) is 0 Å². The lowest BCUT2D eigenvalue weighted by molar-refractivity contribution is 0.372. The van der Waals surface area contributed by atoms with Gasteiger partial charge in [-0.05, 0) is 25.7 Å². The molecule has 1 fully saturated rings. The number of aromatic nitrogens is 4. The molecule has 0 aromatic carbocycles. The summed E-state index contributed by atoms with van der Waals surface area (Å²) >= 11 is 0. The molecule has 0 radical (unpaired) electrons. The van der Waals surface area contributed by atoms with Crippen LogP contribution in [0.15, 0.2) is 12.4 Å². The van der Waals surface area contributed by atoms with Gasteiger partial charge in [-0.2, -0.15) is 5.10 Å². The molecule has 2 aliphatic heterocycles. The molecule has 4 nitrogen and oxygen atoms in total. The fourth-order valence-electron chi connectivity index (χ4n) is 2.89. The van der Waals surface area contributed by atoms with Gasteiger partial charge in [-0.3, -0.25) is 4.68 Å². The van der Waals surface area contributed by atoms with E-state index in [0.717, 1.165) is 29.7 Å². The number of rotatable bonds is 2. The quantitative estimate of drug-likeness (QED) is 0.775. The first-order valence-electron chi connectivity index (χ1n) is 7.98. The van der Waals surface area contributed by atoms with Crippen molar-refractivity contribution in [3.8, 4) is 11.4 Å². The number of imidazole rings is 1. The molecule has 1 aliphatic carbocycles. The summed E-state index contributed by atoms with van der Waals surface area (Å²) in [7, 11) is 0. The van der Waals surface area contributed by atoms with Gasteiger partial charge in [0, 0.05) is 6.54 Å². The minimum Gasteiger partial charge on any atom is -0.270 e. The number of nitrogens with zero attached hydrogens (tertiary/aromatic N) is 4. The minimum atomic E-state index is 0.784. The van der Waals surface area contributed by atoms with Crippen molar-refractivity contribution in [2.75, 3.05) is 0 Å². The van der Waals surface area contributed by atoms with Crippen molar-refractivity contribution >= 4 is 0 Å². The van der Waals surface area contributed by atoms with E-state index in [2.05, 4.69) is 15.1 Å². The summed E-state index contributed by atoms with van der Waals surface area (Å²) < 4.78 is 2.05. The standard InChI is InChI=1S/C14H20N4.C2H6/c1-11-16-13-8-15-18(10-14(13)17-11)9-12-6-4-2-3-5-7-12;1-2/h8,10,12H,2-7,9H2,1H3;1-2H3. The van der Waals surface area contributed by atoms with Crippen molar-refractivity contribution in [1.82, 2.24) is 19.7 Å². The summed E-state index contributed by atoms with van der Waals surface area (Å²) in [5.41, 5.74) is 1.88. The zero-order chi connectivity index (χ0) is 14.4. The Morgan fingerprint density at radius 1 is 1.05 bits per heavy atom. The molecule has 0 unspecified atom stereocenters. The molecule has 3 rings (SSSR count). The minimum absolute atomic E-state index is 0.784. The van der Waals surface area contributed by atoms with E-state index >= 15 is 0 Å². The third-order valence-electron chi connectivity index (χ3n) is 3.85. The van der Waals surface area contributed by atoms with Crippen LogP contribution >= 0.6 is 0 Å². The van der Waals surface area contributed by atoms with E-state index in [9.17, 15) is 0 Å². The topological polar surface area (TPSA) is 43.6 Å². The molecule has 110 valence electrons. The van der Waals surface area contributed by atoms with Gasteiger partial charge in [0.25, 0.3) is 0 Å². The number of hydrogen-bond donors (Lipinski definition) is 0. The first-order chi connectivity index (χ1) is 9.81. The van der Waals surface area contributed by atoms with Gasteiger partial charge in [-0.1, -0.05) is 39.5 Å². The molecule has 0 aromatic heterocycles.